The first-order valence-electron chi connectivity index (χ1n) is 10.7. The van der Waals surface area contributed by atoms with Gasteiger partial charge >= 0.3 is 0 Å². The largest absolute Gasteiger partial charge is 0.318 e. The summed E-state index contributed by atoms with van der Waals surface area (Å²) in [6.07, 6.45) is 2.64. The quantitative estimate of drug-likeness (QED) is 0.251. The zero-order valence-electron chi connectivity index (χ0n) is 18.7. The summed E-state index contributed by atoms with van der Waals surface area (Å²) in [5.41, 5.74) is 6.48. The van der Waals surface area contributed by atoms with Crippen molar-refractivity contribution in [2.75, 3.05) is 6.54 Å². The highest BCUT2D eigenvalue weighted by Gasteiger charge is 2.39. The summed E-state index contributed by atoms with van der Waals surface area (Å²) >= 11 is 8.15. The van der Waals surface area contributed by atoms with E-state index in [2.05, 4.69) is 49.8 Å². The maximum atomic E-state index is 13.1. The predicted octanol–water partition coefficient (Wildman–Crippen LogP) is 4.66. The second kappa shape index (κ2) is 10.2. The summed E-state index contributed by atoms with van der Waals surface area (Å²) in [5, 5.41) is 4.58. The van der Waals surface area contributed by atoms with E-state index < -0.39 is 22.0 Å². The van der Waals surface area contributed by atoms with Gasteiger partial charge in [0.1, 0.15) is 6.04 Å². The lowest BCUT2D eigenvalue weighted by atomic mass is 10.2. The Hall–Kier alpha value is -2.21. The van der Waals surface area contributed by atoms with Crippen molar-refractivity contribution in [3.63, 3.8) is 0 Å². The first kappa shape index (κ1) is 24.9. The molecule has 34 heavy (non-hydrogen) atoms. The number of benzene rings is 2. The summed E-state index contributed by atoms with van der Waals surface area (Å²) < 4.78 is 30.6. The molecule has 1 aromatic heterocycles. The fourth-order valence-electron chi connectivity index (χ4n) is 4.18. The average molecular weight is 611 g/mol. The van der Waals surface area contributed by atoms with Crippen LogP contribution in [0.4, 0.5) is 0 Å². The first-order chi connectivity index (χ1) is 16.2. The maximum absolute atomic E-state index is 13.1. The molecule has 1 fully saturated rings. The Balaban J connectivity index is 1.48. The lowest BCUT2D eigenvalue weighted by Gasteiger charge is -2.22. The lowest BCUT2D eigenvalue weighted by molar-refractivity contribution is -0.124. The van der Waals surface area contributed by atoms with Crippen molar-refractivity contribution in [3.05, 3.63) is 80.1 Å². The summed E-state index contributed by atoms with van der Waals surface area (Å²) in [6, 6.07) is 15.3. The van der Waals surface area contributed by atoms with Gasteiger partial charge in [-0.15, -0.1) is 0 Å². The molecule has 0 radical (unpaired) electrons. The lowest BCUT2D eigenvalue weighted by Crippen LogP contribution is -2.44. The Labute approximate surface area is 218 Å². The molecule has 1 aliphatic heterocycles. The number of nitrogens with one attached hydrogen (secondary N) is 1. The van der Waals surface area contributed by atoms with Crippen LogP contribution in [0.1, 0.15) is 29.8 Å². The highest BCUT2D eigenvalue weighted by molar-refractivity contribution is 14.1. The van der Waals surface area contributed by atoms with E-state index in [1.807, 2.05) is 32.0 Å². The minimum absolute atomic E-state index is 0.114. The number of carbonyl (C=O) groups excluding carboxylic acids is 1. The van der Waals surface area contributed by atoms with Gasteiger partial charge in [0.25, 0.3) is 5.91 Å². The summed E-state index contributed by atoms with van der Waals surface area (Å²) in [6.45, 7) is 4.29. The van der Waals surface area contributed by atoms with E-state index in [1.54, 1.807) is 6.21 Å². The van der Waals surface area contributed by atoms with Gasteiger partial charge in [-0.05, 0) is 104 Å². The molecule has 1 atom stereocenters. The monoisotopic (exact) mass is 610 g/mol. The zero-order chi connectivity index (χ0) is 24.5. The van der Waals surface area contributed by atoms with Crippen LogP contribution in [0.5, 0.6) is 0 Å². The molecule has 0 aliphatic carbocycles. The molecule has 178 valence electrons. The number of aromatic nitrogens is 1. The molecular weight excluding hydrogens is 587 g/mol. The molecule has 10 heteroatoms. The van der Waals surface area contributed by atoms with Crippen LogP contribution in [0.2, 0.25) is 5.02 Å². The predicted molar refractivity (Wildman–Crippen MR) is 142 cm³/mol. The van der Waals surface area contributed by atoms with Gasteiger partial charge in [-0.1, -0.05) is 11.6 Å². The minimum Gasteiger partial charge on any atom is -0.318 e. The van der Waals surface area contributed by atoms with Crippen molar-refractivity contribution in [2.24, 2.45) is 5.10 Å². The summed E-state index contributed by atoms with van der Waals surface area (Å²) in [5.74, 6) is -0.447. The molecule has 0 spiro atoms. The molecule has 0 bridgehead atoms. The SMILES string of the molecule is Cc1cc(/C=N\NC(=O)[C@@H]2CCCN2S(=O)(=O)c2ccc(Cl)cc2)c(C)n1-c1ccc(I)cc1. The molecule has 0 saturated carbocycles. The van der Waals surface area contributed by atoms with E-state index in [1.165, 1.54) is 28.6 Å². The third-order valence-corrected chi connectivity index (χ3v) is 8.75. The topological polar surface area (TPSA) is 83.8 Å². The Kier molecular flexibility index (Phi) is 7.46. The molecule has 4 rings (SSSR count). The van der Waals surface area contributed by atoms with Gasteiger partial charge in [0.15, 0.2) is 0 Å². The second-order valence-corrected chi connectivity index (χ2v) is 11.7. The van der Waals surface area contributed by atoms with Crippen molar-refractivity contribution in [1.82, 2.24) is 14.3 Å². The van der Waals surface area contributed by atoms with E-state index in [0.29, 0.717) is 17.9 Å². The number of halogens is 2. The Morgan fingerprint density at radius 2 is 1.82 bits per heavy atom. The number of hydrogen-bond acceptors (Lipinski definition) is 4. The van der Waals surface area contributed by atoms with E-state index in [0.717, 1.165) is 26.2 Å². The van der Waals surface area contributed by atoms with Crippen LogP contribution in [-0.4, -0.2) is 42.0 Å². The van der Waals surface area contributed by atoms with E-state index in [-0.39, 0.29) is 11.4 Å². The van der Waals surface area contributed by atoms with Gasteiger partial charge in [-0.25, -0.2) is 13.8 Å². The highest BCUT2D eigenvalue weighted by Crippen LogP contribution is 2.27. The van der Waals surface area contributed by atoms with E-state index in [9.17, 15) is 13.2 Å². The molecule has 7 nitrogen and oxygen atoms in total. The van der Waals surface area contributed by atoms with Crippen LogP contribution in [0.15, 0.2) is 64.6 Å². The van der Waals surface area contributed by atoms with Gasteiger partial charge in [0.2, 0.25) is 10.0 Å². The van der Waals surface area contributed by atoms with Gasteiger partial charge in [0, 0.05) is 37.8 Å². The number of hydrazone groups is 1. The number of rotatable bonds is 6. The fourth-order valence-corrected chi connectivity index (χ4v) is 6.32. The van der Waals surface area contributed by atoms with Crippen LogP contribution in [0, 0.1) is 17.4 Å². The van der Waals surface area contributed by atoms with Crippen molar-refractivity contribution in [1.29, 1.82) is 0 Å². The molecule has 1 amide bonds. The third-order valence-electron chi connectivity index (χ3n) is 5.86. The Bertz CT molecular complexity index is 1340. The number of aryl methyl sites for hydroxylation is 1. The van der Waals surface area contributed by atoms with Crippen LogP contribution in [0.3, 0.4) is 0 Å². The minimum atomic E-state index is -3.81. The average Bonchev–Trinajstić information content (AvgIpc) is 3.40. The molecule has 2 aromatic carbocycles. The molecular formula is C24H24ClIN4O3S. The van der Waals surface area contributed by atoms with Gasteiger partial charge in [-0.3, -0.25) is 4.79 Å². The number of carbonyl (C=O) groups is 1. The number of sulfonamides is 1. The number of hydrogen-bond donors (Lipinski definition) is 1. The number of amides is 1. The molecule has 0 unspecified atom stereocenters. The maximum Gasteiger partial charge on any atom is 0.258 e. The molecule has 3 aromatic rings. The Morgan fingerprint density at radius 3 is 2.50 bits per heavy atom. The van der Waals surface area contributed by atoms with Crippen LogP contribution in [-0.2, 0) is 14.8 Å². The second-order valence-electron chi connectivity index (χ2n) is 8.10. The third kappa shape index (κ3) is 5.07. The fraction of sp³-hybridized carbons (Fsp3) is 0.250. The van der Waals surface area contributed by atoms with Crippen LogP contribution < -0.4 is 5.43 Å². The number of nitrogens with zero attached hydrogens (tertiary/aromatic N) is 3. The zero-order valence-corrected chi connectivity index (χ0v) is 22.4. The van der Waals surface area contributed by atoms with Gasteiger partial charge in [0.05, 0.1) is 11.1 Å². The van der Waals surface area contributed by atoms with Crippen molar-refractivity contribution >= 4 is 56.3 Å². The normalized spacial score (nSPS) is 16.9. The summed E-state index contributed by atoms with van der Waals surface area (Å²) in [7, 11) is -3.81. The van der Waals surface area contributed by atoms with Crippen LogP contribution >= 0.6 is 34.2 Å². The van der Waals surface area contributed by atoms with E-state index >= 15 is 0 Å². The summed E-state index contributed by atoms with van der Waals surface area (Å²) in [4.78, 5) is 12.9. The first-order valence-corrected chi connectivity index (χ1v) is 13.6. The molecule has 1 aliphatic rings. The Morgan fingerprint density at radius 1 is 1.15 bits per heavy atom. The highest BCUT2D eigenvalue weighted by atomic mass is 127. The van der Waals surface area contributed by atoms with Crippen LogP contribution in [0.25, 0.3) is 5.69 Å². The van der Waals surface area contributed by atoms with Crippen molar-refractivity contribution in [2.45, 2.75) is 37.6 Å². The smallest absolute Gasteiger partial charge is 0.258 e. The molecule has 1 N–H and O–H groups in total. The van der Waals surface area contributed by atoms with Crippen molar-refractivity contribution < 1.29 is 13.2 Å². The standard InChI is InChI=1S/C24H24ClIN4O3S/c1-16-14-18(17(2)30(16)21-9-7-20(26)8-10-21)15-27-28-24(31)23-4-3-13-29(23)34(32,33)22-11-5-19(25)6-12-22/h5-12,14-15,23H,3-4,13H2,1-2H3,(H,28,31)/b27-15-/t23-/m0/s1. The molecule has 1 saturated heterocycles. The molecule has 2 heterocycles. The van der Waals surface area contributed by atoms with Crippen molar-refractivity contribution in [3.8, 4) is 5.69 Å². The van der Waals surface area contributed by atoms with Gasteiger partial charge < -0.3 is 4.57 Å². The van der Waals surface area contributed by atoms with E-state index in [4.69, 9.17) is 11.6 Å². The van der Waals surface area contributed by atoms with Gasteiger partial charge in [-0.2, -0.15) is 9.41 Å².